The molecule has 0 bridgehead atoms. The first-order valence-corrected chi connectivity index (χ1v) is 5.56. The Kier molecular flexibility index (Phi) is 4.73. The molecule has 1 rings (SSSR count). The molecule has 1 fully saturated rings. The highest BCUT2D eigenvalue weighted by Crippen LogP contribution is 2.24. The number of nitrogens with zero attached hydrogens (tertiary/aromatic N) is 1. The minimum atomic E-state index is -1.36. The zero-order valence-corrected chi connectivity index (χ0v) is 9.74. The van der Waals surface area contributed by atoms with Gasteiger partial charge >= 0.3 is 5.97 Å². The fraction of sp³-hybridized carbons (Fsp3) is 0.700. The molecule has 6 heteroatoms. The zero-order chi connectivity index (χ0) is 12.1. The highest BCUT2D eigenvalue weighted by molar-refractivity contribution is 6.63. The van der Waals surface area contributed by atoms with E-state index in [2.05, 4.69) is 5.16 Å². The van der Waals surface area contributed by atoms with Gasteiger partial charge in [0.1, 0.15) is 6.10 Å². The summed E-state index contributed by atoms with van der Waals surface area (Å²) in [6.45, 7) is 1.14. The third-order valence-electron chi connectivity index (χ3n) is 2.43. The Morgan fingerprint density at radius 2 is 1.88 bits per heavy atom. The van der Waals surface area contributed by atoms with E-state index in [9.17, 15) is 9.59 Å². The van der Waals surface area contributed by atoms with Gasteiger partial charge in [-0.1, -0.05) is 5.16 Å². The topological polar surface area (TPSA) is 76.0 Å². The van der Waals surface area contributed by atoms with Crippen LogP contribution < -0.4 is 0 Å². The van der Waals surface area contributed by atoms with Crippen LogP contribution in [0.5, 0.6) is 0 Å². The van der Waals surface area contributed by atoms with E-state index >= 15 is 0 Å². The summed E-state index contributed by atoms with van der Waals surface area (Å²) in [4.78, 5) is 26.6. The number of carbonyl (C=O) groups excluding carboxylic acids is 1. The number of hydrogen-bond acceptors (Lipinski definition) is 4. The second kappa shape index (κ2) is 5.84. The van der Waals surface area contributed by atoms with Crippen molar-refractivity contribution in [1.82, 2.24) is 0 Å². The second-order valence-electron chi connectivity index (χ2n) is 3.78. The Bertz CT molecular complexity index is 292. The number of carboxylic acids is 1. The number of oxime groups is 1. The Morgan fingerprint density at radius 1 is 1.31 bits per heavy atom. The Balaban J connectivity index is 2.50. The minimum Gasteiger partial charge on any atom is -0.476 e. The maximum atomic E-state index is 10.9. The molecule has 0 unspecified atom stereocenters. The highest BCUT2D eigenvalue weighted by atomic mass is 35.5. The molecule has 5 nitrogen and oxygen atoms in total. The Labute approximate surface area is 98.4 Å². The van der Waals surface area contributed by atoms with Crippen LogP contribution >= 0.6 is 11.6 Å². The molecule has 0 amide bonds. The number of carbonyl (C=O) groups is 2. The van der Waals surface area contributed by atoms with Crippen LogP contribution in [0.1, 0.15) is 32.6 Å². The van der Waals surface area contributed by atoms with E-state index in [0.29, 0.717) is 0 Å². The van der Waals surface area contributed by atoms with Crippen molar-refractivity contribution in [2.45, 2.75) is 44.1 Å². The molecular formula is C10H14ClNO4. The van der Waals surface area contributed by atoms with Gasteiger partial charge in [-0.15, -0.1) is 11.6 Å². The van der Waals surface area contributed by atoms with Gasteiger partial charge in [0.25, 0.3) is 0 Å². The molecule has 0 radical (unpaired) electrons. The summed E-state index contributed by atoms with van der Waals surface area (Å²) in [5.41, 5.74) is -0.562. The zero-order valence-electron chi connectivity index (χ0n) is 8.98. The van der Waals surface area contributed by atoms with Gasteiger partial charge < -0.3 is 9.94 Å². The third-order valence-corrected chi connectivity index (χ3v) is 2.87. The minimum absolute atomic E-state index is 0.135. The first-order chi connectivity index (χ1) is 7.50. The first kappa shape index (κ1) is 13.0. The van der Waals surface area contributed by atoms with Crippen LogP contribution in [0, 0.1) is 0 Å². The maximum absolute atomic E-state index is 10.9. The fourth-order valence-corrected chi connectivity index (χ4v) is 1.76. The third kappa shape index (κ3) is 3.81. The lowest BCUT2D eigenvalue weighted by Gasteiger charge is -2.22. The van der Waals surface area contributed by atoms with Crippen molar-refractivity contribution >= 4 is 29.1 Å². The van der Waals surface area contributed by atoms with Gasteiger partial charge in [0.05, 0.1) is 0 Å². The van der Waals surface area contributed by atoms with Crippen LogP contribution in [0.15, 0.2) is 5.16 Å². The molecule has 1 aliphatic carbocycles. The molecular weight excluding hydrogens is 234 g/mol. The Hall–Kier alpha value is -1.10. The predicted molar refractivity (Wildman–Crippen MR) is 58.7 cm³/mol. The van der Waals surface area contributed by atoms with Crippen LogP contribution in [0.2, 0.25) is 0 Å². The maximum Gasteiger partial charge on any atom is 0.361 e. The molecule has 0 aromatic carbocycles. The average Bonchev–Trinajstić information content (AvgIpc) is 2.20. The number of aliphatic carboxylic acids is 1. The van der Waals surface area contributed by atoms with Gasteiger partial charge in [-0.2, -0.15) is 0 Å². The normalized spacial score (nSPS) is 26.2. The molecule has 0 saturated heterocycles. The number of rotatable bonds is 4. The van der Waals surface area contributed by atoms with E-state index < -0.39 is 17.5 Å². The summed E-state index contributed by atoms with van der Waals surface area (Å²) in [7, 11) is 0. The monoisotopic (exact) mass is 247 g/mol. The largest absolute Gasteiger partial charge is 0.476 e. The van der Waals surface area contributed by atoms with Crippen molar-refractivity contribution in [3.63, 3.8) is 0 Å². The summed E-state index contributed by atoms with van der Waals surface area (Å²) in [6.07, 6.45) is 2.99. The van der Waals surface area contributed by atoms with Crippen LogP contribution in [-0.2, 0) is 14.4 Å². The molecule has 1 saturated carbocycles. The predicted octanol–water partition coefficient (Wildman–Crippen LogP) is 1.58. The summed E-state index contributed by atoms with van der Waals surface area (Å²) in [5.74, 6) is -1.97. The molecule has 0 aromatic heterocycles. The van der Waals surface area contributed by atoms with Crippen LogP contribution in [0.4, 0.5) is 0 Å². The molecule has 0 spiro atoms. The number of alkyl halides is 1. The van der Waals surface area contributed by atoms with Crippen molar-refractivity contribution in [1.29, 1.82) is 0 Å². The molecule has 0 aromatic rings. The smallest absolute Gasteiger partial charge is 0.361 e. The van der Waals surface area contributed by atoms with Gasteiger partial charge in [0.2, 0.25) is 5.71 Å². The summed E-state index contributed by atoms with van der Waals surface area (Å²) in [6, 6.07) is 0. The van der Waals surface area contributed by atoms with Crippen LogP contribution in [-0.4, -0.2) is 34.1 Å². The van der Waals surface area contributed by atoms with Crippen LogP contribution in [0.25, 0.3) is 0 Å². The van der Waals surface area contributed by atoms with E-state index in [4.69, 9.17) is 21.5 Å². The lowest BCUT2D eigenvalue weighted by Crippen LogP contribution is -2.25. The molecule has 0 atom stereocenters. The lowest BCUT2D eigenvalue weighted by molar-refractivity contribution is -0.130. The van der Waals surface area contributed by atoms with E-state index in [-0.39, 0.29) is 11.5 Å². The molecule has 1 N–H and O–H groups in total. The SMILES string of the molecule is CC(=O)/C(=N\OC1CCC(Cl)CC1)C(=O)O. The fourth-order valence-electron chi connectivity index (χ4n) is 1.51. The standard InChI is InChI=1S/C10H14ClNO4/c1-6(13)9(10(14)15)12-16-8-4-2-7(11)3-5-8/h7-8H,2-5H2,1H3,(H,14,15)/b12-9+. The first-order valence-electron chi connectivity index (χ1n) is 5.12. The van der Waals surface area contributed by atoms with Gasteiger partial charge in [-0.3, -0.25) is 4.79 Å². The van der Waals surface area contributed by atoms with Crippen LogP contribution in [0.3, 0.4) is 0 Å². The quantitative estimate of drug-likeness (QED) is 0.354. The van der Waals surface area contributed by atoms with Crippen molar-refractivity contribution < 1.29 is 19.5 Å². The van der Waals surface area contributed by atoms with Gasteiger partial charge in [-0.25, -0.2) is 4.79 Å². The summed E-state index contributed by atoms with van der Waals surface area (Å²) < 4.78 is 0. The van der Waals surface area contributed by atoms with E-state index in [0.717, 1.165) is 32.6 Å². The van der Waals surface area contributed by atoms with Crippen molar-refractivity contribution in [2.24, 2.45) is 5.16 Å². The van der Waals surface area contributed by atoms with Gasteiger partial charge in [0, 0.05) is 12.3 Å². The summed E-state index contributed by atoms with van der Waals surface area (Å²) in [5, 5.41) is 12.2. The molecule has 0 aliphatic heterocycles. The van der Waals surface area contributed by atoms with E-state index in [1.54, 1.807) is 0 Å². The van der Waals surface area contributed by atoms with E-state index in [1.165, 1.54) is 0 Å². The lowest BCUT2D eigenvalue weighted by atomic mass is 9.97. The van der Waals surface area contributed by atoms with Gasteiger partial charge in [0.15, 0.2) is 5.78 Å². The number of carboxylic acid groups (broad SMARTS) is 1. The molecule has 0 heterocycles. The van der Waals surface area contributed by atoms with E-state index in [1.807, 2.05) is 0 Å². The molecule has 90 valence electrons. The highest BCUT2D eigenvalue weighted by Gasteiger charge is 2.22. The Morgan fingerprint density at radius 3 is 2.31 bits per heavy atom. The number of hydrogen-bond donors (Lipinski definition) is 1. The second-order valence-corrected chi connectivity index (χ2v) is 4.40. The molecule has 1 aliphatic rings. The number of halogens is 1. The number of ketones is 1. The summed E-state index contributed by atoms with van der Waals surface area (Å²) >= 11 is 5.91. The number of Topliss-reactive ketones (excluding diaryl/α,β-unsaturated/α-hetero) is 1. The van der Waals surface area contributed by atoms with Crippen molar-refractivity contribution in [2.75, 3.05) is 0 Å². The van der Waals surface area contributed by atoms with Crippen molar-refractivity contribution in [3.05, 3.63) is 0 Å². The molecule has 16 heavy (non-hydrogen) atoms. The van der Waals surface area contributed by atoms with Crippen molar-refractivity contribution in [3.8, 4) is 0 Å². The average molecular weight is 248 g/mol. The van der Waals surface area contributed by atoms with Gasteiger partial charge in [-0.05, 0) is 25.7 Å².